The first-order valence-electron chi connectivity index (χ1n) is 5.60. The molecule has 3 heteroatoms. The van der Waals surface area contributed by atoms with Gasteiger partial charge in [0.25, 0.3) is 0 Å². The van der Waals surface area contributed by atoms with Crippen LogP contribution < -0.4 is 0 Å². The lowest BCUT2D eigenvalue weighted by Gasteiger charge is -2.08. The highest BCUT2D eigenvalue weighted by atomic mass is 35.5. The minimum absolute atomic E-state index is 0.746. The van der Waals surface area contributed by atoms with Gasteiger partial charge in [0.1, 0.15) is 0 Å². The Hall–Kier alpha value is 0.150. The molecule has 16 heavy (non-hydrogen) atoms. The molecule has 0 bridgehead atoms. The minimum atomic E-state index is 0.746. The normalized spacial score (nSPS) is 12.7. The fourth-order valence-corrected chi connectivity index (χ4v) is 3.03. The fourth-order valence-electron chi connectivity index (χ4n) is 1.39. The summed E-state index contributed by atoms with van der Waals surface area (Å²) in [6.45, 7) is 2.27. The van der Waals surface area contributed by atoms with Gasteiger partial charge in [-0.2, -0.15) is 11.8 Å². The van der Waals surface area contributed by atoms with Crippen LogP contribution in [0.4, 0.5) is 0 Å². The zero-order chi connectivity index (χ0) is 11.8. The summed E-state index contributed by atoms with van der Waals surface area (Å²) in [6.07, 6.45) is 2.38. The lowest BCUT2D eigenvalue weighted by atomic mass is 10.1. The summed E-state index contributed by atoms with van der Waals surface area (Å²) in [7, 11) is 0. The van der Waals surface area contributed by atoms with Crippen molar-refractivity contribution in [3.8, 4) is 0 Å². The molecule has 0 aliphatic carbocycles. The van der Waals surface area contributed by atoms with E-state index in [9.17, 15) is 0 Å². The second-order valence-corrected chi connectivity index (χ2v) is 5.97. The third-order valence-corrected chi connectivity index (χ3v) is 4.07. The molecule has 0 heterocycles. The molecule has 0 N–H and O–H groups in total. The molecule has 0 aliphatic heterocycles. The van der Waals surface area contributed by atoms with E-state index in [1.165, 1.54) is 17.7 Å². The van der Waals surface area contributed by atoms with E-state index in [2.05, 4.69) is 19.1 Å². The van der Waals surface area contributed by atoms with E-state index in [-0.39, 0.29) is 0 Å². The molecular weight excluding hydrogens is 259 g/mol. The summed E-state index contributed by atoms with van der Waals surface area (Å²) in [5.74, 6) is 3.81. The maximum atomic E-state index is 5.83. The van der Waals surface area contributed by atoms with Crippen molar-refractivity contribution in [1.82, 2.24) is 0 Å². The third-order valence-electron chi connectivity index (χ3n) is 2.54. The monoisotopic (exact) mass is 276 g/mol. The van der Waals surface area contributed by atoms with Gasteiger partial charge in [0.05, 0.1) is 0 Å². The Bertz CT molecular complexity index is 284. The van der Waals surface area contributed by atoms with Crippen molar-refractivity contribution in [2.45, 2.75) is 25.5 Å². The summed E-state index contributed by atoms with van der Waals surface area (Å²) >= 11 is 13.5. The Morgan fingerprint density at radius 3 is 2.50 bits per heavy atom. The number of hydrogen-bond donors (Lipinski definition) is 0. The van der Waals surface area contributed by atoms with Gasteiger partial charge in [0.2, 0.25) is 0 Å². The summed E-state index contributed by atoms with van der Waals surface area (Å²) in [5, 5.41) is 0.810. The molecule has 0 aromatic heterocycles. The lowest BCUT2D eigenvalue weighted by molar-refractivity contribution is 0.552. The largest absolute Gasteiger partial charge is 0.157 e. The summed E-state index contributed by atoms with van der Waals surface area (Å²) < 4.78 is 0. The quantitative estimate of drug-likeness (QED) is 0.486. The van der Waals surface area contributed by atoms with Crippen LogP contribution in [0.3, 0.4) is 0 Å². The van der Waals surface area contributed by atoms with E-state index in [1.54, 1.807) is 0 Å². The molecule has 0 amide bonds. The van der Waals surface area contributed by atoms with E-state index in [1.807, 2.05) is 23.9 Å². The van der Waals surface area contributed by atoms with Crippen LogP contribution in [0, 0.1) is 5.92 Å². The van der Waals surface area contributed by atoms with E-state index >= 15 is 0 Å². The fraction of sp³-hybridized carbons (Fsp3) is 0.538. The van der Waals surface area contributed by atoms with Crippen molar-refractivity contribution >= 4 is 35.0 Å². The smallest absolute Gasteiger partial charge is 0.0406 e. The zero-order valence-corrected chi connectivity index (χ0v) is 11.9. The van der Waals surface area contributed by atoms with E-state index in [0.29, 0.717) is 0 Å². The molecular formula is C13H18Cl2S. The molecule has 0 saturated heterocycles. The van der Waals surface area contributed by atoms with Crippen LogP contribution in [0.25, 0.3) is 0 Å². The van der Waals surface area contributed by atoms with E-state index in [0.717, 1.165) is 29.0 Å². The molecule has 1 aromatic carbocycles. The van der Waals surface area contributed by atoms with Gasteiger partial charge in [-0.05, 0) is 42.2 Å². The number of halogens is 2. The van der Waals surface area contributed by atoms with Crippen LogP contribution in [-0.2, 0) is 5.75 Å². The molecule has 0 saturated carbocycles. The number of alkyl halides is 1. The lowest BCUT2D eigenvalue weighted by Crippen LogP contribution is -1.97. The Labute approximate surface area is 113 Å². The topological polar surface area (TPSA) is 0 Å². The number of benzene rings is 1. The highest BCUT2D eigenvalue weighted by molar-refractivity contribution is 7.98. The van der Waals surface area contributed by atoms with E-state index < -0.39 is 0 Å². The van der Waals surface area contributed by atoms with Crippen molar-refractivity contribution in [3.63, 3.8) is 0 Å². The summed E-state index contributed by atoms with van der Waals surface area (Å²) in [5.41, 5.74) is 1.35. The van der Waals surface area contributed by atoms with Gasteiger partial charge < -0.3 is 0 Å². The Kier molecular flexibility index (Phi) is 7.35. The van der Waals surface area contributed by atoms with Gasteiger partial charge >= 0.3 is 0 Å². The SMILES string of the molecule is CC(CCCl)CCSCc1ccc(Cl)cc1. The standard InChI is InChI=1S/C13H18Cl2S/c1-11(6-8-14)7-9-16-10-12-2-4-13(15)5-3-12/h2-5,11H,6-10H2,1H3. The Balaban J connectivity index is 2.13. The first kappa shape index (κ1) is 14.2. The van der Waals surface area contributed by atoms with Crippen molar-refractivity contribution in [2.75, 3.05) is 11.6 Å². The second kappa shape index (κ2) is 8.27. The van der Waals surface area contributed by atoms with Gasteiger partial charge in [-0.1, -0.05) is 30.7 Å². The van der Waals surface area contributed by atoms with Crippen molar-refractivity contribution in [2.24, 2.45) is 5.92 Å². The highest BCUT2D eigenvalue weighted by Gasteiger charge is 2.01. The highest BCUT2D eigenvalue weighted by Crippen LogP contribution is 2.18. The van der Waals surface area contributed by atoms with Crippen LogP contribution in [-0.4, -0.2) is 11.6 Å². The second-order valence-electron chi connectivity index (χ2n) is 4.05. The summed E-state index contributed by atoms with van der Waals surface area (Å²) in [6, 6.07) is 8.09. The zero-order valence-electron chi connectivity index (χ0n) is 9.59. The first-order valence-corrected chi connectivity index (χ1v) is 7.67. The predicted molar refractivity (Wildman–Crippen MR) is 76.7 cm³/mol. The van der Waals surface area contributed by atoms with Crippen LogP contribution in [0.15, 0.2) is 24.3 Å². The molecule has 1 rings (SSSR count). The molecule has 0 radical (unpaired) electrons. The van der Waals surface area contributed by atoms with Gasteiger partial charge in [0.15, 0.2) is 0 Å². The molecule has 1 aromatic rings. The minimum Gasteiger partial charge on any atom is -0.157 e. The van der Waals surface area contributed by atoms with Gasteiger partial charge in [-0.15, -0.1) is 11.6 Å². The van der Waals surface area contributed by atoms with Crippen LogP contribution in [0.2, 0.25) is 5.02 Å². The Morgan fingerprint density at radius 2 is 1.88 bits per heavy atom. The van der Waals surface area contributed by atoms with Crippen LogP contribution >= 0.6 is 35.0 Å². The van der Waals surface area contributed by atoms with Gasteiger partial charge in [-0.25, -0.2) is 0 Å². The van der Waals surface area contributed by atoms with E-state index in [4.69, 9.17) is 23.2 Å². The number of thioether (sulfide) groups is 1. The Morgan fingerprint density at radius 1 is 1.19 bits per heavy atom. The molecule has 0 aliphatic rings. The van der Waals surface area contributed by atoms with Crippen molar-refractivity contribution < 1.29 is 0 Å². The van der Waals surface area contributed by atoms with Crippen molar-refractivity contribution in [1.29, 1.82) is 0 Å². The molecule has 1 atom stereocenters. The first-order chi connectivity index (χ1) is 7.72. The van der Waals surface area contributed by atoms with Crippen molar-refractivity contribution in [3.05, 3.63) is 34.9 Å². The van der Waals surface area contributed by atoms with Gasteiger partial charge in [-0.3, -0.25) is 0 Å². The maximum absolute atomic E-state index is 5.83. The summed E-state index contributed by atoms with van der Waals surface area (Å²) in [4.78, 5) is 0. The van der Waals surface area contributed by atoms with Gasteiger partial charge in [0, 0.05) is 16.7 Å². The number of hydrogen-bond acceptors (Lipinski definition) is 1. The average Bonchev–Trinajstić information content (AvgIpc) is 2.27. The maximum Gasteiger partial charge on any atom is 0.0406 e. The van der Waals surface area contributed by atoms with Crippen LogP contribution in [0.5, 0.6) is 0 Å². The molecule has 0 spiro atoms. The third kappa shape index (κ3) is 6.03. The molecule has 90 valence electrons. The molecule has 0 fully saturated rings. The number of rotatable bonds is 7. The molecule has 1 unspecified atom stereocenters. The average molecular weight is 277 g/mol. The van der Waals surface area contributed by atoms with Crippen LogP contribution in [0.1, 0.15) is 25.3 Å². The predicted octanol–water partition coefficient (Wildman–Crippen LogP) is 5.23. The molecule has 0 nitrogen and oxygen atoms in total.